The molecule has 0 amide bonds. The summed E-state index contributed by atoms with van der Waals surface area (Å²) in [4.78, 5) is 0. The number of benzene rings is 1. The number of nitrogens with one attached hydrogen (secondary N) is 1. The van der Waals surface area contributed by atoms with E-state index in [0.29, 0.717) is 6.04 Å². The molecule has 1 aromatic carbocycles. The van der Waals surface area contributed by atoms with Crippen molar-refractivity contribution in [2.45, 2.75) is 38.3 Å². The molecule has 0 aliphatic heterocycles. The molecule has 0 bridgehead atoms. The van der Waals surface area contributed by atoms with E-state index in [2.05, 4.69) is 22.3 Å². The van der Waals surface area contributed by atoms with Crippen LogP contribution in [0.1, 0.15) is 42.0 Å². The molecule has 2 nitrogen and oxygen atoms in total. The fourth-order valence-electron chi connectivity index (χ4n) is 3.11. The molecule has 1 heterocycles. The number of nitrogens with zero attached hydrogens (tertiary/aromatic N) is 1. The third kappa shape index (κ3) is 2.78. The van der Waals surface area contributed by atoms with Crippen LogP contribution >= 0.6 is 0 Å². The Morgan fingerprint density at radius 2 is 2.00 bits per heavy atom. The van der Waals surface area contributed by atoms with Crippen LogP contribution in [-0.2, 0) is 13.0 Å². The molecule has 3 rings (SSSR count). The predicted octanol–water partition coefficient (Wildman–Crippen LogP) is 3.66. The van der Waals surface area contributed by atoms with Gasteiger partial charge in [0.15, 0.2) is 0 Å². The van der Waals surface area contributed by atoms with Gasteiger partial charge in [0, 0.05) is 25.0 Å². The van der Waals surface area contributed by atoms with Crippen molar-refractivity contribution in [2.24, 2.45) is 0 Å². The molecule has 1 aliphatic rings. The molecule has 1 atom stereocenters. The molecule has 0 radical (unpaired) electrons. The molecule has 20 heavy (non-hydrogen) atoms. The van der Waals surface area contributed by atoms with Crippen LogP contribution in [0.15, 0.2) is 36.7 Å². The summed E-state index contributed by atoms with van der Waals surface area (Å²) >= 11 is 0. The van der Waals surface area contributed by atoms with Gasteiger partial charge in [0.2, 0.25) is 0 Å². The maximum absolute atomic E-state index is 12.9. The summed E-state index contributed by atoms with van der Waals surface area (Å²) in [7, 11) is 2.04. The highest BCUT2D eigenvalue weighted by Gasteiger charge is 2.19. The SMILES string of the molecule is CNC1CCCCc2cn(Cc3ccc(F)cc3)cc21. The average molecular weight is 272 g/mol. The lowest BCUT2D eigenvalue weighted by Gasteiger charge is -2.13. The number of halogens is 1. The van der Waals surface area contributed by atoms with Gasteiger partial charge in [-0.3, -0.25) is 0 Å². The van der Waals surface area contributed by atoms with Gasteiger partial charge in [-0.15, -0.1) is 0 Å². The summed E-state index contributed by atoms with van der Waals surface area (Å²) in [6, 6.07) is 7.24. The van der Waals surface area contributed by atoms with Crippen LogP contribution in [0.5, 0.6) is 0 Å². The summed E-state index contributed by atoms with van der Waals surface area (Å²) in [6.07, 6.45) is 9.46. The first-order chi connectivity index (χ1) is 9.76. The molecule has 0 saturated carbocycles. The van der Waals surface area contributed by atoms with Crippen LogP contribution in [0.3, 0.4) is 0 Å². The second-order valence-electron chi connectivity index (χ2n) is 5.62. The zero-order valence-electron chi connectivity index (χ0n) is 11.9. The van der Waals surface area contributed by atoms with Crippen molar-refractivity contribution >= 4 is 0 Å². The minimum atomic E-state index is -0.174. The van der Waals surface area contributed by atoms with Crippen molar-refractivity contribution in [3.8, 4) is 0 Å². The lowest BCUT2D eigenvalue weighted by atomic mass is 10.1. The number of fused-ring (bicyclic) bond motifs is 1. The average Bonchev–Trinajstić information content (AvgIpc) is 2.75. The third-order valence-corrected chi connectivity index (χ3v) is 4.19. The standard InChI is InChI=1S/C17H21FN2/c1-19-17-5-3-2-4-14-11-20(12-16(14)17)10-13-6-8-15(18)9-7-13/h6-9,11-12,17,19H,2-5,10H2,1H3. The van der Waals surface area contributed by atoms with Gasteiger partial charge < -0.3 is 9.88 Å². The summed E-state index contributed by atoms with van der Waals surface area (Å²) in [5, 5.41) is 3.42. The maximum atomic E-state index is 12.9. The van der Waals surface area contributed by atoms with E-state index in [1.54, 1.807) is 0 Å². The van der Waals surface area contributed by atoms with E-state index in [1.807, 2.05) is 19.2 Å². The van der Waals surface area contributed by atoms with Crippen LogP contribution in [0.4, 0.5) is 4.39 Å². The van der Waals surface area contributed by atoms with Crippen molar-refractivity contribution in [1.29, 1.82) is 0 Å². The monoisotopic (exact) mass is 272 g/mol. The van der Waals surface area contributed by atoms with Crippen LogP contribution < -0.4 is 5.32 Å². The van der Waals surface area contributed by atoms with Crippen LogP contribution in [0.25, 0.3) is 0 Å². The van der Waals surface area contributed by atoms with Gasteiger partial charge in [-0.2, -0.15) is 0 Å². The second-order valence-corrected chi connectivity index (χ2v) is 5.62. The highest BCUT2D eigenvalue weighted by Crippen LogP contribution is 2.29. The molecular weight excluding hydrogens is 251 g/mol. The van der Waals surface area contributed by atoms with Crippen molar-refractivity contribution in [3.63, 3.8) is 0 Å². The van der Waals surface area contributed by atoms with Gasteiger partial charge in [0.1, 0.15) is 5.82 Å². The van der Waals surface area contributed by atoms with E-state index >= 15 is 0 Å². The number of hydrogen-bond donors (Lipinski definition) is 1. The van der Waals surface area contributed by atoms with Gasteiger partial charge in [-0.1, -0.05) is 18.6 Å². The third-order valence-electron chi connectivity index (χ3n) is 4.19. The van der Waals surface area contributed by atoms with Crippen molar-refractivity contribution in [3.05, 3.63) is 59.2 Å². The number of hydrogen-bond acceptors (Lipinski definition) is 1. The Bertz CT molecular complexity index is 571. The number of aromatic nitrogens is 1. The maximum Gasteiger partial charge on any atom is 0.123 e. The first-order valence-electron chi connectivity index (χ1n) is 7.36. The van der Waals surface area contributed by atoms with Crippen LogP contribution in [0, 0.1) is 5.82 Å². The van der Waals surface area contributed by atoms with Crippen molar-refractivity contribution < 1.29 is 4.39 Å². The molecule has 1 aromatic heterocycles. The van der Waals surface area contributed by atoms with Crippen molar-refractivity contribution in [2.75, 3.05) is 7.05 Å². The molecule has 1 unspecified atom stereocenters. The highest BCUT2D eigenvalue weighted by atomic mass is 19.1. The molecule has 0 spiro atoms. The van der Waals surface area contributed by atoms with Gasteiger partial charge in [0.25, 0.3) is 0 Å². The summed E-state index contributed by atoms with van der Waals surface area (Å²) < 4.78 is 15.2. The van der Waals surface area contributed by atoms with Crippen LogP contribution in [0.2, 0.25) is 0 Å². The molecule has 106 valence electrons. The fourth-order valence-corrected chi connectivity index (χ4v) is 3.11. The molecule has 0 fully saturated rings. The molecule has 1 aliphatic carbocycles. The summed E-state index contributed by atoms with van der Waals surface area (Å²) in [5.41, 5.74) is 4.04. The van der Waals surface area contributed by atoms with Crippen LogP contribution in [-0.4, -0.2) is 11.6 Å². The molecule has 2 aromatic rings. The van der Waals surface area contributed by atoms with E-state index in [-0.39, 0.29) is 5.82 Å². The lowest BCUT2D eigenvalue weighted by molar-refractivity contribution is 0.531. The molecule has 0 saturated heterocycles. The topological polar surface area (TPSA) is 17.0 Å². The Hall–Kier alpha value is -1.61. The minimum Gasteiger partial charge on any atom is -0.349 e. The van der Waals surface area contributed by atoms with E-state index < -0.39 is 0 Å². The smallest absolute Gasteiger partial charge is 0.123 e. The second kappa shape index (κ2) is 5.80. The zero-order chi connectivity index (χ0) is 13.9. The fraction of sp³-hybridized carbons (Fsp3) is 0.412. The molecule has 3 heteroatoms. The summed E-state index contributed by atoms with van der Waals surface area (Å²) in [5.74, 6) is -0.174. The largest absolute Gasteiger partial charge is 0.349 e. The summed E-state index contributed by atoms with van der Waals surface area (Å²) in [6.45, 7) is 0.809. The van der Waals surface area contributed by atoms with Gasteiger partial charge >= 0.3 is 0 Å². The Morgan fingerprint density at radius 1 is 1.20 bits per heavy atom. The van der Waals surface area contributed by atoms with E-state index in [9.17, 15) is 4.39 Å². The molecule has 1 N–H and O–H groups in total. The van der Waals surface area contributed by atoms with Gasteiger partial charge in [-0.25, -0.2) is 4.39 Å². The van der Waals surface area contributed by atoms with Gasteiger partial charge in [-0.05, 0) is 55.1 Å². The Kier molecular flexibility index (Phi) is 3.88. The highest BCUT2D eigenvalue weighted by molar-refractivity contribution is 5.30. The first kappa shape index (κ1) is 13.4. The van der Waals surface area contributed by atoms with Gasteiger partial charge in [0.05, 0.1) is 0 Å². The number of aryl methyl sites for hydroxylation is 1. The van der Waals surface area contributed by atoms with E-state index in [1.165, 1.54) is 48.9 Å². The normalized spacial score (nSPS) is 18.6. The van der Waals surface area contributed by atoms with Crippen molar-refractivity contribution in [1.82, 2.24) is 9.88 Å². The number of rotatable bonds is 3. The Balaban J connectivity index is 1.83. The molecular formula is C17H21FN2. The Labute approximate surface area is 119 Å². The quantitative estimate of drug-likeness (QED) is 0.844. The minimum absolute atomic E-state index is 0.174. The Morgan fingerprint density at radius 3 is 2.75 bits per heavy atom. The predicted molar refractivity (Wildman–Crippen MR) is 79.3 cm³/mol. The van der Waals surface area contributed by atoms with E-state index in [4.69, 9.17) is 0 Å². The first-order valence-corrected chi connectivity index (χ1v) is 7.36. The zero-order valence-corrected chi connectivity index (χ0v) is 11.9. The van der Waals surface area contributed by atoms with E-state index in [0.717, 1.165) is 12.1 Å². The lowest BCUT2D eigenvalue weighted by Crippen LogP contribution is -2.15.